The van der Waals surface area contributed by atoms with Crippen molar-refractivity contribution in [2.45, 2.75) is 13.8 Å². The smallest absolute Gasteiger partial charge is 0.116 e. The average molecular weight is 174 g/mol. The molecule has 0 aliphatic rings. The molecule has 0 radical (unpaired) electrons. The van der Waals surface area contributed by atoms with Crippen LogP contribution in [0.1, 0.15) is 11.3 Å². The van der Waals surface area contributed by atoms with Gasteiger partial charge in [0, 0.05) is 18.0 Å². The molecule has 0 spiro atoms. The molecule has 2 heterocycles. The standard InChI is InChI=1S/C9H10N4/c1-6-5-10-4-3-8(6)9-7(2)11-13-12-9/h3-5H,1-2H3,(H,11,12,13). The molecule has 66 valence electrons. The van der Waals surface area contributed by atoms with Crippen molar-refractivity contribution >= 4 is 0 Å². The molecule has 2 rings (SSSR count). The Labute approximate surface area is 76.0 Å². The summed E-state index contributed by atoms with van der Waals surface area (Å²) in [5, 5.41) is 10.7. The molecule has 0 saturated carbocycles. The molecule has 0 unspecified atom stereocenters. The number of pyridine rings is 1. The Morgan fingerprint density at radius 2 is 2.08 bits per heavy atom. The summed E-state index contributed by atoms with van der Waals surface area (Å²) in [5.41, 5.74) is 4.01. The van der Waals surface area contributed by atoms with Crippen molar-refractivity contribution in [3.8, 4) is 11.3 Å². The SMILES string of the molecule is Cc1cnccc1-c1n[nH]nc1C. The third kappa shape index (κ3) is 1.30. The van der Waals surface area contributed by atoms with Gasteiger partial charge in [-0.2, -0.15) is 15.4 Å². The van der Waals surface area contributed by atoms with Gasteiger partial charge in [0.15, 0.2) is 0 Å². The number of nitrogens with zero attached hydrogens (tertiary/aromatic N) is 3. The van der Waals surface area contributed by atoms with Gasteiger partial charge in [0.2, 0.25) is 0 Å². The van der Waals surface area contributed by atoms with Crippen LogP contribution in [-0.4, -0.2) is 20.4 Å². The van der Waals surface area contributed by atoms with Crippen molar-refractivity contribution in [3.05, 3.63) is 29.7 Å². The van der Waals surface area contributed by atoms with E-state index in [-0.39, 0.29) is 0 Å². The highest BCUT2D eigenvalue weighted by atomic mass is 15.3. The van der Waals surface area contributed by atoms with Crippen LogP contribution in [-0.2, 0) is 0 Å². The number of hydrogen-bond acceptors (Lipinski definition) is 3. The lowest BCUT2D eigenvalue weighted by Crippen LogP contribution is -1.86. The first kappa shape index (κ1) is 7.91. The summed E-state index contributed by atoms with van der Waals surface area (Å²) in [6, 6.07) is 1.94. The second kappa shape index (κ2) is 2.97. The summed E-state index contributed by atoms with van der Waals surface area (Å²) in [6.45, 7) is 3.94. The third-order valence-corrected chi connectivity index (χ3v) is 2.00. The van der Waals surface area contributed by atoms with Gasteiger partial charge in [-0.1, -0.05) is 0 Å². The van der Waals surface area contributed by atoms with Crippen molar-refractivity contribution in [2.24, 2.45) is 0 Å². The Kier molecular flexibility index (Phi) is 1.81. The molecule has 2 aromatic heterocycles. The molecule has 0 amide bonds. The van der Waals surface area contributed by atoms with Gasteiger partial charge in [0.1, 0.15) is 5.69 Å². The van der Waals surface area contributed by atoms with Crippen LogP contribution in [0.4, 0.5) is 0 Å². The van der Waals surface area contributed by atoms with E-state index < -0.39 is 0 Å². The summed E-state index contributed by atoms with van der Waals surface area (Å²) in [5.74, 6) is 0. The molecule has 0 fully saturated rings. The molecular weight excluding hydrogens is 164 g/mol. The fourth-order valence-electron chi connectivity index (χ4n) is 1.28. The Hall–Kier alpha value is -1.71. The number of aromatic amines is 1. The summed E-state index contributed by atoms with van der Waals surface area (Å²) in [7, 11) is 0. The van der Waals surface area contributed by atoms with E-state index in [0.29, 0.717) is 0 Å². The van der Waals surface area contributed by atoms with Crippen molar-refractivity contribution < 1.29 is 0 Å². The molecule has 0 atom stereocenters. The number of nitrogens with one attached hydrogen (secondary N) is 1. The summed E-state index contributed by atoms with van der Waals surface area (Å²) < 4.78 is 0. The van der Waals surface area contributed by atoms with Crippen molar-refractivity contribution in [1.29, 1.82) is 0 Å². The Balaban J connectivity index is 2.59. The van der Waals surface area contributed by atoms with Crippen LogP contribution in [0.15, 0.2) is 18.5 Å². The normalized spacial score (nSPS) is 10.3. The fourth-order valence-corrected chi connectivity index (χ4v) is 1.28. The summed E-state index contributed by atoms with van der Waals surface area (Å²) in [6.07, 6.45) is 3.58. The Morgan fingerprint density at radius 1 is 1.23 bits per heavy atom. The second-order valence-electron chi connectivity index (χ2n) is 2.95. The molecule has 1 N–H and O–H groups in total. The van der Waals surface area contributed by atoms with Crippen LogP contribution >= 0.6 is 0 Å². The van der Waals surface area contributed by atoms with Crippen LogP contribution in [0.3, 0.4) is 0 Å². The molecule has 0 aliphatic heterocycles. The van der Waals surface area contributed by atoms with E-state index in [0.717, 1.165) is 22.5 Å². The van der Waals surface area contributed by atoms with Gasteiger partial charge in [-0.3, -0.25) is 4.98 Å². The topological polar surface area (TPSA) is 54.5 Å². The lowest BCUT2D eigenvalue weighted by Gasteiger charge is -2.00. The number of rotatable bonds is 1. The third-order valence-electron chi connectivity index (χ3n) is 2.00. The minimum atomic E-state index is 0.903. The number of aromatic nitrogens is 4. The zero-order valence-electron chi connectivity index (χ0n) is 7.57. The lowest BCUT2D eigenvalue weighted by molar-refractivity contribution is 0.929. The number of H-pyrrole nitrogens is 1. The highest BCUT2D eigenvalue weighted by molar-refractivity contribution is 5.63. The van der Waals surface area contributed by atoms with Gasteiger partial charge >= 0.3 is 0 Å². The van der Waals surface area contributed by atoms with Gasteiger partial charge in [0.25, 0.3) is 0 Å². The average Bonchev–Trinajstić information content (AvgIpc) is 2.52. The minimum absolute atomic E-state index is 0.903. The zero-order valence-corrected chi connectivity index (χ0v) is 7.57. The van der Waals surface area contributed by atoms with E-state index in [1.54, 1.807) is 6.20 Å². The predicted octanol–water partition coefficient (Wildman–Crippen LogP) is 1.48. The van der Waals surface area contributed by atoms with Gasteiger partial charge < -0.3 is 0 Å². The lowest BCUT2D eigenvalue weighted by atomic mass is 10.1. The first-order chi connectivity index (χ1) is 6.29. The largest absolute Gasteiger partial charge is 0.264 e. The van der Waals surface area contributed by atoms with Crippen molar-refractivity contribution in [1.82, 2.24) is 20.4 Å². The van der Waals surface area contributed by atoms with E-state index >= 15 is 0 Å². The van der Waals surface area contributed by atoms with E-state index in [9.17, 15) is 0 Å². The predicted molar refractivity (Wildman–Crippen MR) is 49.1 cm³/mol. The molecule has 2 aromatic rings. The highest BCUT2D eigenvalue weighted by Crippen LogP contribution is 2.21. The van der Waals surface area contributed by atoms with Crippen LogP contribution in [0.2, 0.25) is 0 Å². The monoisotopic (exact) mass is 174 g/mol. The summed E-state index contributed by atoms with van der Waals surface area (Å²) in [4.78, 5) is 4.03. The van der Waals surface area contributed by atoms with Crippen LogP contribution in [0.25, 0.3) is 11.3 Å². The molecule has 0 aromatic carbocycles. The van der Waals surface area contributed by atoms with Crippen molar-refractivity contribution in [2.75, 3.05) is 0 Å². The first-order valence-electron chi connectivity index (χ1n) is 4.07. The molecule has 13 heavy (non-hydrogen) atoms. The zero-order chi connectivity index (χ0) is 9.26. The van der Waals surface area contributed by atoms with E-state index in [1.807, 2.05) is 26.1 Å². The number of aryl methyl sites for hydroxylation is 2. The molecule has 4 heteroatoms. The van der Waals surface area contributed by atoms with E-state index in [1.165, 1.54) is 0 Å². The van der Waals surface area contributed by atoms with Crippen LogP contribution in [0, 0.1) is 13.8 Å². The Morgan fingerprint density at radius 3 is 2.69 bits per heavy atom. The summed E-state index contributed by atoms with van der Waals surface area (Å²) >= 11 is 0. The van der Waals surface area contributed by atoms with Crippen LogP contribution in [0.5, 0.6) is 0 Å². The van der Waals surface area contributed by atoms with E-state index in [4.69, 9.17) is 0 Å². The van der Waals surface area contributed by atoms with Crippen molar-refractivity contribution in [3.63, 3.8) is 0 Å². The molecular formula is C9H10N4. The van der Waals surface area contributed by atoms with E-state index in [2.05, 4.69) is 20.4 Å². The molecule has 0 bridgehead atoms. The quantitative estimate of drug-likeness (QED) is 0.712. The molecule has 0 aliphatic carbocycles. The Bertz CT molecular complexity index is 419. The van der Waals surface area contributed by atoms with Gasteiger partial charge in [-0.25, -0.2) is 0 Å². The maximum atomic E-state index is 4.08. The number of hydrogen-bond donors (Lipinski definition) is 1. The second-order valence-corrected chi connectivity index (χ2v) is 2.95. The fraction of sp³-hybridized carbons (Fsp3) is 0.222. The molecule has 4 nitrogen and oxygen atoms in total. The van der Waals surface area contributed by atoms with Gasteiger partial charge in [-0.05, 0) is 25.5 Å². The maximum absolute atomic E-state index is 4.08. The van der Waals surface area contributed by atoms with Gasteiger partial charge in [-0.15, -0.1) is 0 Å². The molecule has 0 saturated heterocycles. The highest BCUT2D eigenvalue weighted by Gasteiger charge is 2.07. The van der Waals surface area contributed by atoms with Gasteiger partial charge in [0.05, 0.1) is 5.69 Å². The maximum Gasteiger partial charge on any atom is 0.116 e. The minimum Gasteiger partial charge on any atom is -0.264 e. The first-order valence-corrected chi connectivity index (χ1v) is 4.07. The van der Waals surface area contributed by atoms with Crippen LogP contribution < -0.4 is 0 Å².